The number of rotatable bonds is 13. The molecule has 0 saturated carbocycles. The number of benzene rings is 1. The molecular formula is C24H26N8O6S3. The van der Waals surface area contributed by atoms with Gasteiger partial charge in [-0.15, -0.1) is 20.4 Å². The minimum Gasteiger partial charge on any atom is -0.448 e. The molecule has 2 N–H and O–H groups in total. The van der Waals surface area contributed by atoms with Crippen LogP contribution in [-0.2, 0) is 31.9 Å². The first-order chi connectivity index (χ1) is 19.9. The molecule has 4 amide bonds. The van der Waals surface area contributed by atoms with E-state index in [2.05, 4.69) is 31.0 Å². The molecule has 2 aliphatic heterocycles. The summed E-state index contributed by atoms with van der Waals surface area (Å²) in [6, 6.07) is 9.13. The second kappa shape index (κ2) is 13.7. The third kappa shape index (κ3) is 7.89. The summed E-state index contributed by atoms with van der Waals surface area (Å²) >= 11 is 4.31. The molecular weight excluding hydrogens is 593 g/mol. The molecule has 17 heteroatoms. The van der Waals surface area contributed by atoms with E-state index in [0.717, 1.165) is 27.1 Å². The van der Waals surface area contributed by atoms with Gasteiger partial charge in [-0.3, -0.25) is 30.0 Å². The largest absolute Gasteiger partial charge is 0.448 e. The number of hydrogen-bond acceptors (Lipinski definition) is 13. The number of cyclic esters (lactones) is 2. The summed E-state index contributed by atoms with van der Waals surface area (Å²) in [6.45, 7) is 0.656. The summed E-state index contributed by atoms with van der Waals surface area (Å²) in [5.41, 5.74) is 0.905. The number of aromatic nitrogens is 4. The second-order valence-electron chi connectivity index (χ2n) is 8.88. The smallest absolute Gasteiger partial charge is 0.410 e. The third-order valence-corrected chi connectivity index (χ3v) is 8.78. The van der Waals surface area contributed by atoms with Crippen molar-refractivity contribution < 1.29 is 28.7 Å². The van der Waals surface area contributed by atoms with Crippen LogP contribution in [0.2, 0.25) is 0 Å². The molecule has 2 fully saturated rings. The zero-order chi connectivity index (χ0) is 28.6. The van der Waals surface area contributed by atoms with E-state index < -0.39 is 12.2 Å². The van der Waals surface area contributed by atoms with Gasteiger partial charge in [0.2, 0.25) is 22.1 Å². The van der Waals surface area contributed by atoms with Gasteiger partial charge in [-0.2, -0.15) is 11.8 Å². The van der Waals surface area contributed by atoms with Crippen molar-refractivity contribution in [3.63, 3.8) is 0 Å². The van der Waals surface area contributed by atoms with Crippen LogP contribution >= 0.6 is 34.4 Å². The van der Waals surface area contributed by atoms with Crippen molar-refractivity contribution in [3.8, 4) is 0 Å². The standard InChI is InChI=1S/C24H26N8O6S3/c33-17(12-31-8-9-37-23(31)35)25-21-29-27-19(40-21)6-10-39-11-7-20-28-30-22(41-20)26-18(34)13-32-16(14-38-24(32)36)15-4-2-1-3-5-15/h1-5,16H,6-14H2,(H,25,29,33)(H,26,30,34)/t16-/m1/s1. The van der Waals surface area contributed by atoms with Crippen molar-refractivity contribution in [1.29, 1.82) is 0 Å². The van der Waals surface area contributed by atoms with Crippen molar-refractivity contribution >= 4 is 68.7 Å². The highest BCUT2D eigenvalue weighted by Gasteiger charge is 2.35. The number of thioether (sulfide) groups is 1. The minimum atomic E-state index is -0.524. The van der Waals surface area contributed by atoms with E-state index in [1.165, 1.54) is 32.5 Å². The van der Waals surface area contributed by atoms with Crippen LogP contribution in [0.3, 0.4) is 0 Å². The van der Waals surface area contributed by atoms with Crippen LogP contribution in [0.25, 0.3) is 0 Å². The van der Waals surface area contributed by atoms with Gasteiger partial charge in [0.25, 0.3) is 0 Å². The third-order valence-electron chi connectivity index (χ3n) is 6.00. The Morgan fingerprint density at radius 1 is 0.878 bits per heavy atom. The van der Waals surface area contributed by atoms with Crippen LogP contribution in [0.4, 0.5) is 19.9 Å². The molecule has 0 unspecified atom stereocenters. The molecule has 3 aromatic rings. The van der Waals surface area contributed by atoms with Crippen LogP contribution in [0.15, 0.2) is 30.3 Å². The zero-order valence-corrected chi connectivity index (χ0v) is 24.1. The second-order valence-corrected chi connectivity index (χ2v) is 12.2. The summed E-state index contributed by atoms with van der Waals surface area (Å²) in [6.07, 6.45) is 0.358. The number of nitrogens with zero attached hydrogens (tertiary/aromatic N) is 6. The normalized spacial score (nSPS) is 16.5. The van der Waals surface area contributed by atoms with Crippen molar-refractivity contribution in [3.05, 3.63) is 45.9 Å². The lowest BCUT2D eigenvalue weighted by Crippen LogP contribution is -2.35. The van der Waals surface area contributed by atoms with Crippen molar-refractivity contribution in [2.24, 2.45) is 0 Å². The lowest BCUT2D eigenvalue weighted by Gasteiger charge is -2.20. The molecule has 41 heavy (non-hydrogen) atoms. The van der Waals surface area contributed by atoms with E-state index in [-0.39, 0.29) is 44.2 Å². The van der Waals surface area contributed by atoms with E-state index in [1.807, 2.05) is 30.3 Å². The van der Waals surface area contributed by atoms with E-state index in [9.17, 15) is 19.2 Å². The first-order valence-corrected chi connectivity index (χ1v) is 15.5. The highest BCUT2D eigenvalue weighted by molar-refractivity contribution is 7.99. The summed E-state index contributed by atoms with van der Waals surface area (Å²) in [5.74, 6) is 0.894. The monoisotopic (exact) mass is 618 g/mol. The maximum atomic E-state index is 12.6. The van der Waals surface area contributed by atoms with Crippen LogP contribution in [0.1, 0.15) is 21.6 Å². The molecule has 4 heterocycles. The molecule has 1 aromatic carbocycles. The van der Waals surface area contributed by atoms with E-state index in [0.29, 0.717) is 29.6 Å². The molecule has 0 spiro atoms. The molecule has 0 bridgehead atoms. The summed E-state index contributed by atoms with van der Waals surface area (Å²) in [5, 5.41) is 24.0. The van der Waals surface area contributed by atoms with Gasteiger partial charge in [-0.05, 0) is 17.1 Å². The predicted molar refractivity (Wildman–Crippen MR) is 152 cm³/mol. The Morgan fingerprint density at radius 2 is 1.51 bits per heavy atom. The fourth-order valence-corrected chi connectivity index (χ4v) is 6.67. The Balaban J connectivity index is 0.988. The minimum absolute atomic E-state index is 0.0809. The topological polar surface area (TPSA) is 169 Å². The SMILES string of the molecule is O=C(CN1CCOC1=O)Nc1nnc(CCSCCc2nnc(NC(=O)CN3C(=O)OC[C@@H]3c3ccccc3)s2)s1. The number of hydrogen-bond donors (Lipinski definition) is 2. The molecule has 1 atom stereocenters. The van der Waals surface area contributed by atoms with E-state index >= 15 is 0 Å². The lowest BCUT2D eigenvalue weighted by atomic mass is 10.1. The Labute approximate surface area is 246 Å². The highest BCUT2D eigenvalue weighted by Crippen LogP contribution is 2.27. The molecule has 2 aliphatic rings. The van der Waals surface area contributed by atoms with Gasteiger partial charge in [0, 0.05) is 12.8 Å². The molecule has 0 radical (unpaired) electrons. The number of ether oxygens (including phenoxy) is 2. The maximum Gasteiger partial charge on any atom is 0.410 e. The average Bonchev–Trinajstić information content (AvgIpc) is 3.76. The number of amides is 4. The molecule has 5 rings (SSSR count). The summed E-state index contributed by atoms with van der Waals surface area (Å²) in [4.78, 5) is 51.1. The van der Waals surface area contributed by atoms with Gasteiger partial charge < -0.3 is 9.47 Å². The number of aryl methyl sites for hydroxylation is 2. The van der Waals surface area contributed by atoms with Gasteiger partial charge in [0.05, 0.1) is 12.6 Å². The van der Waals surface area contributed by atoms with Crippen molar-refractivity contribution in [2.45, 2.75) is 18.9 Å². The number of carbonyl (C=O) groups excluding carboxylic acids is 4. The molecule has 216 valence electrons. The van der Waals surface area contributed by atoms with E-state index in [4.69, 9.17) is 9.47 Å². The summed E-state index contributed by atoms with van der Waals surface area (Å²) < 4.78 is 9.97. The number of anilines is 2. The quantitative estimate of drug-likeness (QED) is 0.270. The zero-order valence-electron chi connectivity index (χ0n) is 21.7. The van der Waals surface area contributed by atoms with Crippen LogP contribution in [-0.4, -0.2) is 98.5 Å². The fraction of sp³-hybridized carbons (Fsp3) is 0.417. The van der Waals surface area contributed by atoms with Crippen LogP contribution in [0, 0.1) is 0 Å². The number of carbonyl (C=O) groups is 4. The maximum absolute atomic E-state index is 12.6. The molecule has 14 nitrogen and oxygen atoms in total. The van der Waals surface area contributed by atoms with Gasteiger partial charge >= 0.3 is 12.2 Å². The molecule has 2 saturated heterocycles. The van der Waals surface area contributed by atoms with Crippen molar-refractivity contribution in [1.82, 2.24) is 30.2 Å². The first kappa shape index (κ1) is 28.7. The average molecular weight is 619 g/mol. The lowest BCUT2D eigenvalue weighted by molar-refractivity contribution is -0.117. The van der Waals surface area contributed by atoms with Crippen molar-refractivity contribution in [2.75, 3.05) is 55.0 Å². The Hall–Kier alpha value is -3.83. The summed E-state index contributed by atoms with van der Waals surface area (Å²) in [7, 11) is 0. The van der Waals surface area contributed by atoms with Crippen LogP contribution in [0.5, 0.6) is 0 Å². The van der Waals surface area contributed by atoms with Crippen LogP contribution < -0.4 is 10.6 Å². The predicted octanol–water partition coefficient (Wildman–Crippen LogP) is 2.43. The van der Waals surface area contributed by atoms with Gasteiger partial charge in [0.15, 0.2) is 0 Å². The number of nitrogens with one attached hydrogen (secondary N) is 2. The van der Waals surface area contributed by atoms with Gasteiger partial charge in [-0.1, -0.05) is 53.0 Å². The van der Waals surface area contributed by atoms with Gasteiger partial charge in [0.1, 0.15) is 36.3 Å². The molecule has 2 aromatic heterocycles. The Kier molecular flexibility index (Phi) is 9.58. The molecule has 0 aliphatic carbocycles. The van der Waals surface area contributed by atoms with Gasteiger partial charge in [-0.25, -0.2) is 9.59 Å². The fourth-order valence-electron chi connectivity index (χ4n) is 4.02. The van der Waals surface area contributed by atoms with E-state index in [1.54, 1.807) is 11.8 Å². The Morgan fingerprint density at radius 3 is 2.12 bits per heavy atom. The first-order valence-electron chi connectivity index (χ1n) is 12.7. The highest BCUT2D eigenvalue weighted by atomic mass is 32.2. The Bertz CT molecular complexity index is 1390.